The van der Waals surface area contributed by atoms with Gasteiger partial charge in [-0.05, 0) is 24.1 Å². The van der Waals surface area contributed by atoms with Gasteiger partial charge in [-0.2, -0.15) is 4.31 Å². The van der Waals surface area contributed by atoms with E-state index in [0.717, 1.165) is 30.0 Å². The molecule has 3 rings (SSSR count). The molecule has 0 radical (unpaired) electrons. The maximum atomic E-state index is 12.8. The fourth-order valence-electron chi connectivity index (χ4n) is 3.19. The summed E-state index contributed by atoms with van der Waals surface area (Å²) in [4.78, 5) is 14.5. The Hall–Kier alpha value is -1.09. The van der Waals surface area contributed by atoms with E-state index in [-0.39, 0.29) is 11.9 Å². The summed E-state index contributed by atoms with van der Waals surface area (Å²) in [6, 6.07) is 7.04. The minimum absolute atomic E-state index is 0.0889. The molecule has 6 nitrogen and oxygen atoms in total. The first kappa shape index (κ1) is 18.7. The van der Waals surface area contributed by atoms with Gasteiger partial charge in [0.05, 0.1) is 10.9 Å². The zero-order valence-corrected chi connectivity index (χ0v) is 16.1. The van der Waals surface area contributed by atoms with E-state index >= 15 is 0 Å². The summed E-state index contributed by atoms with van der Waals surface area (Å²) >= 11 is 1.72. The number of amides is 1. The SMILES string of the molecule is CCCc1ccc(S(=O)(=O)N2CCN(C(=O)C3CSCN3)CC2)cc1. The van der Waals surface area contributed by atoms with Crippen molar-refractivity contribution >= 4 is 27.7 Å². The van der Waals surface area contributed by atoms with Crippen molar-refractivity contribution in [3.05, 3.63) is 29.8 Å². The predicted molar refractivity (Wildman–Crippen MR) is 100 cm³/mol. The molecule has 0 saturated carbocycles. The summed E-state index contributed by atoms with van der Waals surface area (Å²) in [7, 11) is -3.49. The summed E-state index contributed by atoms with van der Waals surface area (Å²) < 4.78 is 27.1. The molecule has 0 spiro atoms. The van der Waals surface area contributed by atoms with E-state index in [4.69, 9.17) is 0 Å². The van der Waals surface area contributed by atoms with Gasteiger partial charge in [-0.25, -0.2) is 8.42 Å². The topological polar surface area (TPSA) is 69.7 Å². The van der Waals surface area contributed by atoms with Crippen LogP contribution in [0.25, 0.3) is 0 Å². The highest BCUT2D eigenvalue weighted by Gasteiger charge is 2.33. The molecular weight excluding hydrogens is 358 g/mol. The number of thioether (sulfide) groups is 1. The normalized spacial score (nSPS) is 22.3. The number of aryl methyl sites for hydroxylation is 1. The number of rotatable bonds is 5. The van der Waals surface area contributed by atoms with Crippen molar-refractivity contribution < 1.29 is 13.2 Å². The molecule has 1 aromatic rings. The highest BCUT2D eigenvalue weighted by molar-refractivity contribution is 7.99. The maximum absolute atomic E-state index is 12.8. The standard InChI is InChI=1S/C17H25N3O3S2/c1-2-3-14-4-6-15(7-5-14)25(22,23)20-10-8-19(9-11-20)17(21)16-12-24-13-18-16/h4-7,16,18H,2-3,8-13H2,1H3. The van der Waals surface area contributed by atoms with Crippen molar-refractivity contribution in [3.63, 3.8) is 0 Å². The van der Waals surface area contributed by atoms with Gasteiger partial charge in [-0.15, -0.1) is 11.8 Å². The Bertz CT molecular complexity index is 692. The summed E-state index contributed by atoms with van der Waals surface area (Å²) in [6.45, 7) is 3.71. The van der Waals surface area contributed by atoms with Crippen LogP contribution in [0, 0.1) is 0 Å². The maximum Gasteiger partial charge on any atom is 0.243 e. The second-order valence-corrected chi connectivity index (χ2v) is 9.36. The minimum atomic E-state index is -3.49. The Morgan fingerprint density at radius 3 is 2.44 bits per heavy atom. The van der Waals surface area contributed by atoms with Crippen LogP contribution in [0.5, 0.6) is 0 Å². The monoisotopic (exact) mass is 383 g/mol. The van der Waals surface area contributed by atoms with Crippen LogP contribution in [-0.2, 0) is 21.2 Å². The first-order valence-corrected chi connectivity index (χ1v) is 11.3. The molecular formula is C17H25N3O3S2. The third kappa shape index (κ3) is 4.19. The average Bonchev–Trinajstić information content (AvgIpc) is 3.17. The minimum Gasteiger partial charge on any atom is -0.339 e. The van der Waals surface area contributed by atoms with Gasteiger partial charge in [0.2, 0.25) is 15.9 Å². The molecule has 0 aromatic heterocycles. The fourth-order valence-corrected chi connectivity index (χ4v) is 5.54. The van der Waals surface area contributed by atoms with Gasteiger partial charge in [0, 0.05) is 37.8 Å². The van der Waals surface area contributed by atoms with Gasteiger partial charge in [0.25, 0.3) is 0 Å². The first-order valence-electron chi connectivity index (χ1n) is 8.71. The first-order chi connectivity index (χ1) is 12.0. The van der Waals surface area contributed by atoms with E-state index in [1.807, 2.05) is 12.1 Å². The molecule has 1 amide bonds. The second-order valence-electron chi connectivity index (χ2n) is 6.40. The number of piperazine rings is 1. The number of sulfonamides is 1. The second kappa shape index (κ2) is 8.07. The quantitative estimate of drug-likeness (QED) is 0.826. The van der Waals surface area contributed by atoms with Crippen molar-refractivity contribution in [2.75, 3.05) is 37.8 Å². The van der Waals surface area contributed by atoms with Gasteiger partial charge in [-0.1, -0.05) is 25.5 Å². The highest BCUT2D eigenvalue weighted by atomic mass is 32.2. The Morgan fingerprint density at radius 1 is 1.20 bits per heavy atom. The molecule has 1 aromatic carbocycles. The molecule has 2 saturated heterocycles. The third-order valence-corrected chi connectivity index (χ3v) is 7.52. The van der Waals surface area contributed by atoms with Crippen LogP contribution >= 0.6 is 11.8 Å². The molecule has 2 aliphatic heterocycles. The van der Waals surface area contributed by atoms with Gasteiger partial charge >= 0.3 is 0 Å². The predicted octanol–water partition coefficient (Wildman–Crippen LogP) is 1.13. The van der Waals surface area contributed by atoms with E-state index in [1.54, 1.807) is 28.8 Å². The molecule has 2 aliphatic rings. The lowest BCUT2D eigenvalue weighted by molar-refractivity contribution is -0.133. The van der Waals surface area contributed by atoms with Crippen LogP contribution in [0.4, 0.5) is 0 Å². The van der Waals surface area contributed by atoms with Gasteiger partial charge in [0.1, 0.15) is 0 Å². The number of carbonyl (C=O) groups is 1. The lowest BCUT2D eigenvalue weighted by Gasteiger charge is -2.35. The number of nitrogens with zero attached hydrogens (tertiary/aromatic N) is 2. The molecule has 1 N–H and O–H groups in total. The fraction of sp³-hybridized carbons (Fsp3) is 0.588. The summed E-state index contributed by atoms with van der Waals surface area (Å²) in [5.74, 6) is 1.69. The Labute approximate surface area is 154 Å². The lowest BCUT2D eigenvalue weighted by Crippen LogP contribution is -2.54. The van der Waals surface area contributed by atoms with Gasteiger partial charge in [-0.3, -0.25) is 10.1 Å². The summed E-state index contributed by atoms with van der Waals surface area (Å²) in [6.07, 6.45) is 1.99. The molecule has 1 unspecified atom stereocenters. The molecule has 0 aliphatic carbocycles. The molecule has 0 bridgehead atoms. The summed E-state index contributed by atoms with van der Waals surface area (Å²) in [5.41, 5.74) is 1.15. The van der Waals surface area contributed by atoms with Crippen molar-refractivity contribution in [1.82, 2.24) is 14.5 Å². The zero-order valence-electron chi connectivity index (χ0n) is 14.5. The van der Waals surface area contributed by atoms with Crippen molar-refractivity contribution in [3.8, 4) is 0 Å². The molecule has 138 valence electrons. The Kier molecular flexibility index (Phi) is 6.04. The highest BCUT2D eigenvalue weighted by Crippen LogP contribution is 2.20. The Balaban J connectivity index is 1.61. The average molecular weight is 384 g/mol. The van der Waals surface area contributed by atoms with E-state index in [1.165, 1.54) is 4.31 Å². The number of hydrogen-bond donors (Lipinski definition) is 1. The van der Waals surface area contributed by atoms with E-state index in [2.05, 4.69) is 12.2 Å². The van der Waals surface area contributed by atoms with Crippen LogP contribution in [-0.4, -0.2) is 67.4 Å². The van der Waals surface area contributed by atoms with E-state index < -0.39 is 10.0 Å². The van der Waals surface area contributed by atoms with Crippen LogP contribution < -0.4 is 5.32 Å². The van der Waals surface area contributed by atoms with E-state index in [9.17, 15) is 13.2 Å². The molecule has 8 heteroatoms. The van der Waals surface area contributed by atoms with Crippen LogP contribution in [0.3, 0.4) is 0 Å². The van der Waals surface area contributed by atoms with Crippen LogP contribution in [0.1, 0.15) is 18.9 Å². The number of nitrogens with one attached hydrogen (secondary N) is 1. The smallest absolute Gasteiger partial charge is 0.243 e. The van der Waals surface area contributed by atoms with Crippen molar-refractivity contribution in [2.24, 2.45) is 0 Å². The van der Waals surface area contributed by atoms with Crippen molar-refractivity contribution in [2.45, 2.75) is 30.7 Å². The van der Waals surface area contributed by atoms with Crippen LogP contribution in [0.2, 0.25) is 0 Å². The number of benzene rings is 1. The number of hydrogen-bond acceptors (Lipinski definition) is 5. The molecule has 25 heavy (non-hydrogen) atoms. The van der Waals surface area contributed by atoms with E-state index in [0.29, 0.717) is 31.1 Å². The third-order valence-electron chi connectivity index (χ3n) is 4.66. The summed E-state index contributed by atoms with van der Waals surface area (Å²) in [5, 5.41) is 3.18. The van der Waals surface area contributed by atoms with Crippen molar-refractivity contribution in [1.29, 1.82) is 0 Å². The Morgan fingerprint density at radius 2 is 1.88 bits per heavy atom. The zero-order chi connectivity index (χ0) is 17.9. The lowest BCUT2D eigenvalue weighted by atomic mass is 10.1. The molecule has 2 heterocycles. The molecule has 2 fully saturated rings. The van der Waals surface area contributed by atoms with Crippen LogP contribution in [0.15, 0.2) is 29.2 Å². The van der Waals surface area contributed by atoms with Gasteiger partial charge < -0.3 is 4.90 Å². The molecule has 1 atom stereocenters. The number of carbonyl (C=O) groups excluding carboxylic acids is 1. The largest absolute Gasteiger partial charge is 0.339 e. The van der Waals surface area contributed by atoms with Gasteiger partial charge in [0.15, 0.2) is 0 Å².